The molecule has 1 aliphatic rings. The maximum atomic E-state index is 9.38. The summed E-state index contributed by atoms with van der Waals surface area (Å²) in [7, 11) is 1.63. The molecule has 0 spiro atoms. The molecule has 24 heavy (non-hydrogen) atoms. The van der Waals surface area contributed by atoms with Gasteiger partial charge in [-0.3, -0.25) is 0 Å². The van der Waals surface area contributed by atoms with E-state index in [0.29, 0.717) is 24.7 Å². The van der Waals surface area contributed by atoms with Crippen LogP contribution in [-0.2, 0) is 4.74 Å². The average Bonchev–Trinajstić information content (AvgIpc) is 2.64. The molecular weight excluding hydrogens is 322 g/mol. The quantitative estimate of drug-likeness (QED) is 0.767. The summed E-state index contributed by atoms with van der Waals surface area (Å²) in [6.45, 7) is 5.11. The molecule has 0 N–H and O–H groups in total. The van der Waals surface area contributed by atoms with Crippen molar-refractivity contribution < 1.29 is 9.47 Å². The highest BCUT2D eigenvalue weighted by atomic mass is 32.2. The molecule has 1 fully saturated rings. The molecule has 0 radical (unpaired) electrons. The number of methoxy groups -OCH3 is 1. The second-order valence-corrected chi connectivity index (χ2v) is 6.72. The minimum atomic E-state index is 0.509. The first-order chi connectivity index (χ1) is 11.7. The lowest BCUT2D eigenvalue weighted by Gasteiger charge is -2.30. The van der Waals surface area contributed by atoms with Crippen molar-refractivity contribution >= 4 is 23.1 Å². The number of nitrogens with zero attached hydrogens (tertiary/aromatic N) is 3. The average molecular weight is 342 g/mol. The zero-order chi connectivity index (χ0) is 16.9. The Labute approximate surface area is 146 Å². The molecule has 0 amide bonds. The van der Waals surface area contributed by atoms with Gasteiger partial charge in [0, 0.05) is 18.0 Å². The number of rotatable bonds is 4. The highest BCUT2D eigenvalue weighted by molar-refractivity contribution is 7.99. The Morgan fingerprint density at radius 2 is 1.88 bits per heavy atom. The van der Waals surface area contributed by atoms with Crippen molar-refractivity contribution in [2.24, 2.45) is 0 Å². The molecule has 1 aliphatic heterocycles. The van der Waals surface area contributed by atoms with Gasteiger partial charge in [-0.2, -0.15) is 0 Å². The van der Waals surface area contributed by atoms with Crippen LogP contribution >= 0.6 is 11.8 Å². The van der Waals surface area contributed by atoms with Crippen LogP contribution in [0.4, 0.5) is 11.4 Å². The number of anilines is 1. The highest BCUT2D eigenvalue weighted by Crippen LogP contribution is 2.43. The molecular formula is C18H20N3O2S+. The van der Waals surface area contributed by atoms with Crippen LogP contribution in [0.5, 0.6) is 5.75 Å². The van der Waals surface area contributed by atoms with E-state index in [2.05, 4.69) is 41.1 Å². The second-order valence-electron chi connectivity index (χ2n) is 5.61. The Bertz CT molecular complexity index is 750. The predicted molar refractivity (Wildman–Crippen MR) is 96.1 cm³/mol. The summed E-state index contributed by atoms with van der Waals surface area (Å²) in [6.07, 6.45) is 0. The van der Waals surface area contributed by atoms with Gasteiger partial charge in [0.15, 0.2) is 4.98 Å². The fraction of sp³-hybridized carbons (Fsp3) is 0.333. The normalized spacial score (nSPS) is 14.3. The van der Waals surface area contributed by atoms with E-state index in [-0.39, 0.29) is 0 Å². The van der Waals surface area contributed by atoms with Crippen molar-refractivity contribution in [2.45, 2.75) is 16.7 Å². The first-order valence-corrected chi connectivity index (χ1v) is 8.67. The molecule has 1 heterocycles. The summed E-state index contributed by atoms with van der Waals surface area (Å²) in [6, 6.07) is 12.1. The van der Waals surface area contributed by atoms with Crippen LogP contribution in [0, 0.1) is 12.3 Å². The van der Waals surface area contributed by atoms with Crippen LogP contribution in [0.2, 0.25) is 0 Å². The minimum absolute atomic E-state index is 0.509. The van der Waals surface area contributed by atoms with Crippen molar-refractivity contribution in [1.82, 2.24) is 0 Å². The molecule has 0 atom stereocenters. The zero-order valence-corrected chi connectivity index (χ0v) is 14.7. The molecule has 0 aliphatic carbocycles. The molecule has 2 aromatic rings. The number of diazo groups is 1. The number of aryl methyl sites for hydroxylation is 1. The van der Waals surface area contributed by atoms with Gasteiger partial charge < -0.3 is 14.4 Å². The van der Waals surface area contributed by atoms with Crippen molar-refractivity contribution in [1.29, 1.82) is 5.39 Å². The first-order valence-electron chi connectivity index (χ1n) is 7.85. The predicted octanol–water partition coefficient (Wildman–Crippen LogP) is 4.48. The van der Waals surface area contributed by atoms with Crippen LogP contribution in [0.25, 0.3) is 4.98 Å². The summed E-state index contributed by atoms with van der Waals surface area (Å²) in [5.41, 5.74) is 2.73. The van der Waals surface area contributed by atoms with E-state index < -0.39 is 0 Å². The Balaban J connectivity index is 1.97. The van der Waals surface area contributed by atoms with Gasteiger partial charge in [0.25, 0.3) is 0 Å². The maximum Gasteiger partial charge on any atom is 0.402 e. The van der Waals surface area contributed by atoms with E-state index in [9.17, 15) is 5.39 Å². The smallest absolute Gasteiger partial charge is 0.402 e. The molecule has 1 saturated heterocycles. The number of hydrogen-bond donors (Lipinski definition) is 0. The molecule has 0 aromatic heterocycles. The van der Waals surface area contributed by atoms with Crippen LogP contribution < -0.4 is 9.64 Å². The van der Waals surface area contributed by atoms with Crippen molar-refractivity contribution in [3.63, 3.8) is 0 Å². The van der Waals surface area contributed by atoms with Gasteiger partial charge in [0.1, 0.15) is 10.6 Å². The van der Waals surface area contributed by atoms with Gasteiger partial charge in [-0.05, 0) is 25.1 Å². The van der Waals surface area contributed by atoms with Gasteiger partial charge in [0.2, 0.25) is 5.39 Å². The van der Waals surface area contributed by atoms with Gasteiger partial charge in [-0.1, -0.05) is 29.5 Å². The third-order valence-electron chi connectivity index (χ3n) is 3.97. The Kier molecular flexibility index (Phi) is 5.24. The first kappa shape index (κ1) is 16.6. The minimum Gasteiger partial charge on any atom is -0.494 e. The van der Waals surface area contributed by atoms with Crippen molar-refractivity contribution in [3.8, 4) is 5.75 Å². The second kappa shape index (κ2) is 7.56. The summed E-state index contributed by atoms with van der Waals surface area (Å²) in [5.74, 6) is 0.706. The van der Waals surface area contributed by atoms with Crippen LogP contribution in [0.3, 0.4) is 0 Å². The van der Waals surface area contributed by atoms with E-state index in [1.165, 1.54) is 5.56 Å². The molecule has 2 aromatic carbocycles. The summed E-state index contributed by atoms with van der Waals surface area (Å²) in [4.78, 5) is 7.67. The number of morpholine rings is 1. The third kappa shape index (κ3) is 3.64. The van der Waals surface area contributed by atoms with E-state index in [1.807, 2.05) is 6.07 Å². The van der Waals surface area contributed by atoms with Crippen LogP contribution in [-0.4, -0.2) is 33.4 Å². The largest absolute Gasteiger partial charge is 0.494 e. The number of hydrogen-bond acceptors (Lipinski definition) is 5. The Morgan fingerprint density at radius 3 is 2.50 bits per heavy atom. The molecule has 124 valence electrons. The topological polar surface area (TPSA) is 49.8 Å². The lowest BCUT2D eigenvalue weighted by molar-refractivity contribution is 0.122. The molecule has 0 unspecified atom stereocenters. The van der Waals surface area contributed by atoms with Gasteiger partial charge in [-0.15, -0.1) is 0 Å². The Morgan fingerprint density at radius 1 is 1.17 bits per heavy atom. The molecule has 5 nitrogen and oxygen atoms in total. The van der Waals surface area contributed by atoms with Crippen molar-refractivity contribution in [2.75, 3.05) is 38.3 Å². The molecule has 6 heteroatoms. The van der Waals surface area contributed by atoms with Crippen molar-refractivity contribution in [3.05, 3.63) is 46.9 Å². The molecule has 3 rings (SSSR count). The van der Waals surface area contributed by atoms with Gasteiger partial charge in [0.05, 0.1) is 32.1 Å². The third-order valence-corrected chi connectivity index (χ3v) is 5.02. The van der Waals surface area contributed by atoms with Gasteiger partial charge >= 0.3 is 5.69 Å². The zero-order valence-electron chi connectivity index (χ0n) is 13.9. The standard InChI is InChI=1S/C18H20N3O2S/c1-13-3-5-14(6-4-13)24-18-12-16(21-7-9-23-10-8-21)17(22-2)11-15(18)20-19/h3-6,11-12H,7-10H2,1-2H3/q+1. The van der Waals surface area contributed by atoms with E-state index in [1.54, 1.807) is 24.9 Å². The van der Waals surface area contributed by atoms with E-state index in [0.717, 1.165) is 28.6 Å². The summed E-state index contributed by atoms with van der Waals surface area (Å²) in [5, 5.41) is 9.38. The number of ether oxygens (including phenoxy) is 2. The lowest BCUT2D eigenvalue weighted by atomic mass is 10.2. The number of benzene rings is 2. The monoisotopic (exact) mass is 342 g/mol. The SMILES string of the molecule is COc1cc([N+]#N)c(Sc2ccc(C)cc2)cc1N1CCOCC1. The highest BCUT2D eigenvalue weighted by Gasteiger charge is 2.24. The summed E-state index contributed by atoms with van der Waals surface area (Å²) < 4.78 is 10.9. The maximum absolute atomic E-state index is 9.38. The summed E-state index contributed by atoms with van der Waals surface area (Å²) >= 11 is 1.58. The fourth-order valence-corrected chi connectivity index (χ4v) is 3.55. The lowest BCUT2D eigenvalue weighted by Crippen LogP contribution is -2.36. The molecule has 0 saturated carbocycles. The van der Waals surface area contributed by atoms with Gasteiger partial charge in [-0.25, -0.2) is 0 Å². The Hall–Kier alpha value is -2.23. The fourth-order valence-electron chi connectivity index (χ4n) is 2.65. The molecule has 0 bridgehead atoms. The van der Waals surface area contributed by atoms with E-state index in [4.69, 9.17) is 9.47 Å². The van der Waals surface area contributed by atoms with Crippen LogP contribution in [0.1, 0.15) is 5.56 Å². The van der Waals surface area contributed by atoms with E-state index >= 15 is 0 Å². The van der Waals surface area contributed by atoms with Crippen LogP contribution in [0.15, 0.2) is 46.2 Å².